The molecule has 18 heavy (non-hydrogen) atoms. The Morgan fingerprint density at radius 2 is 2.00 bits per heavy atom. The number of Topliss-reactive ketones (excluding diaryl/α,β-unsaturated/α-hetero) is 1. The van der Waals surface area contributed by atoms with Gasteiger partial charge in [0, 0.05) is 23.6 Å². The maximum Gasteiger partial charge on any atom is 0.303 e. The van der Waals surface area contributed by atoms with Crippen LogP contribution in [0.15, 0.2) is 30.5 Å². The molecule has 5 heteroatoms. The molecule has 2 aromatic rings. The van der Waals surface area contributed by atoms with E-state index in [0.717, 1.165) is 0 Å². The third-order valence-electron chi connectivity index (χ3n) is 2.58. The molecule has 1 heterocycles. The summed E-state index contributed by atoms with van der Waals surface area (Å²) < 4.78 is 0. The molecular formula is C13H10ClNO3. The fraction of sp³-hybridized carbons (Fsp3) is 0.154. The zero-order valence-electron chi connectivity index (χ0n) is 9.39. The molecule has 1 N–H and O–H groups in total. The van der Waals surface area contributed by atoms with Gasteiger partial charge in [0.15, 0.2) is 5.78 Å². The quantitative estimate of drug-likeness (QED) is 0.861. The molecule has 1 aromatic carbocycles. The summed E-state index contributed by atoms with van der Waals surface area (Å²) in [5.41, 5.74) is 0.927. The minimum absolute atomic E-state index is 0.0390. The fourth-order valence-electron chi connectivity index (χ4n) is 1.72. The van der Waals surface area contributed by atoms with Crippen LogP contribution in [0.1, 0.15) is 23.2 Å². The van der Waals surface area contributed by atoms with Gasteiger partial charge in [0.1, 0.15) is 0 Å². The molecule has 2 rings (SSSR count). The van der Waals surface area contributed by atoms with Crippen LogP contribution in [0.4, 0.5) is 0 Å². The molecule has 0 aliphatic heterocycles. The molecular weight excluding hydrogens is 254 g/mol. The van der Waals surface area contributed by atoms with Crippen molar-refractivity contribution in [2.45, 2.75) is 12.8 Å². The normalized spacial score (nSPS) is 10.5. The zero-order chi connectivity index (χ0) is 13.1. The first-order valence-electron chi connectivity index (χ1n) is 5.38. The van der Waals surface area contributed by atoms with Crippen LogP contribution in [0.2, 0.25) is 5.02 Å². The van der Waals surface area contributed by atoms with Gasteiger partial charge in [-0.2, -0.15) is 0 Å². The lowest BCUT2D eigenvalue weighted by Gasteiger charge is -2.05. The van der Waals surface area contributed by atoms with Crippen LogP contribution in [-0.4, -0.2) is 21.8 Å². The number of carboxylic acid groups (broad SMARTS) is 1. The number of rotatable bonds is 4. The Labute approximate surface area is 108 Å². The first kappa shape index (κ1) is 12.5. The lowest BCUT2D eigenvalue weighted by molar-refractivity contribution is -0.136. The second-order valence-corrected chi connectivity index (χ2v) is 4.22. The highest BCUT2D eigenvalue weighted by Gasteiger charge is 2.13. The van der Waals surface area contributed by atoms with Gasteiger partial charge in [-0.1, -0.05) is 11.6 Å². The van der Waals surface area contributed by atoms with Gasteiger partial charge >= 0.3 is 5.97 Å². The van der Waals surface area contributed by atoms with Gasteiger partial charge in [-0.3, -0.25) is 14.6 Å². The van der Waals surface area contributed by atoms with Crippen LogP contribution in [0.25, 0.3) is 10.9 Å². The summed E-state index contributed by atoms with van der Waals surface area (Å²) >= 11 is 6.02. The van der Waals surface area contributed by atoms with Crippen molar-refractivity contribution in [1.29, 1.82) is 0 Å². The van der Waals surface area contributed by atoms with Gasteiger partial charge in [-0.25, -0.2) is 0 Å². The molecule has 0 saturated carbocycles. The van der Waals surface area contributed by atoms with E-state index in [-0.39, 0.29) is 18.6 Å². The van der Waals surface area contributed by atoms with E-state index in [4.69, 9.17) is 16.7 Å². The first-order chi connectivity index (χ1) is 8.59. The molecule has 0 saturated heterocycles. The lowest BCUT2D eigenvalue weighted by Crippen LogP contribution is -2.05. The van der Waals surface area contributed by atoms with Crippen LogP contribution >= 0.6 is 11.6 Å². The Hall–Kier alpha value is -1.94. The zero-order valence-corrected chi connectivity index (χ0v) is 10.1. The van der Waals surface area contributed by atoms with E-state index in [2.05, 4.69) is 4.98 Å². The number of ketones is 1. The number of hydrogen-bond donors (Lipinski definition) is 1. The van der Waals surface area contributed by atoms with Crippen LogP contribution in [-0.2, 0) is 4.79 Å². The maximum atomic E-state index is 11.9. The van der Waals surface area contributed by atoms with Crippen molar-refractivity contribution in [3.05, 3.63) is 41.0 Å². The highest BCUT2D eigenvalue weighted by atomic mass is 35.5. The predicted octanol–water partition coefficient (Wildman–Crippen LogP) is 2.94. The monoisotopic (exact) mass is 263 g/mol. The molecule has 0 unspecified atom stereocenters. The van der Waals surface area contributed by atoms with E-state index in [0.29, 0.717) is 21.5 Å². The smallest absolute Gasteiger partial charge is 0.303 e. The molecule has 0 aliphatic carbocycles. The fourth-order valence-corrected chi connectivity index (χ4v) is 1.93. The number of halogens is 1. The van der Waals surface area contributed by atoms with E-state index in [9.17, 15) is 9.59 Å². The largest absolute Gasteiger partial charge is 0.481 e. The summed E-state index contributed by atoms with van der Waals surface area (Å²) in [6.07, 6.45) is 1.35. The number of pyridine rings is 1. The van der Waals surface area contributed by atoms with Crippen LogP contribution in [0, 0.1) is 0 Å². The number of benzene rings is 1. The van der Waals surface area contributed by atoms with Crippen molar-refractivity contribution in [2.24, 2.45) is 0 Å². The van der Waals surface area contributed by atoms with Crippen molar-refractivity contribution >= 4 is 34.3 Å². The average Bonchev–Trinajstić information content (AvgIpc) is 2.37. The highest BCUT2D eigenvalue weighted by Crippen LogP contribution is 2.25. The van der Waals surface area contributed by atoms with Crippen molar-refractivity contribution in [3.63, 3.8) is 0 Å². The molecule has 1 aromatic heterocycles. The Morgan fingerprint density at radius 1 is 1.22 bits per heavy atom. The standard InChI is InChI=1S/C13H10ClNO3/c14-10-4-3-9(11(16)5-6-12(17)18)13-8(10)2-1-7-15-13/h1-4,7H,5-6H2,(H,17,18). The number of carbonyl (C=O) groups is 2. The number of carbonyl (C=O) groups excluding carboxylic acids is 1. The van der Waals surface area contributed by atoms with Gasteiger partial charge in [0.2, 0.25) is 0 Å². The SMILES string of the molecule is O=C(O)CCC(=O)c1ccc(Cl)c2cccnc12. The molecule has 0 atom stereocenters. The lowest BCUT2D eigenvalue weighted by atomic mass is 10.0. The van der Waals surface area contributed by atoms with Crippen LogP contribution in [0.5, 0.6) is 0 Å². The Kier molecular flexibility index (Phi) is 3.58. The van der Waals surface area contributed by atoms with E-state index >= 15 is 0 Å². The molecule has 0 amide bonds. The van der Waals surface area contributed by atoms with E-state index in [1.807, 2.05) is 0 Å². The van der Waals surface area contributed by atoms with Gasteiger partial charge in [-0.05, 0) is 24.3 Å². The minimum atomic E-state index is -0.991. The Morgan fingerprint density at radius 3 is 2.72 bits per heavy atom. The summed E-state index contributed by atoms with van der Waals surface area (Å²) in [4.78, 5) is 26.5. The van der Waals surface area contributed by atoms with Gasteiger partial charge in [-0.15, -0.1) is 0 Å². The van der Waals surface area contributed by atoms with Crippen LogP contribution in [0.3, 0.4) is 0 Å². The number of aliphatic carboxylic acids is 1. The van der Waals surface area contributed by atoms with E-state index in [1.165, 1.54) is 0 Å². The number of hydrogen-bond acceptors (Lipinski definition) is 3. The third-order valence-corrected chi connectivity index (χ3v) is 2.91. The van der Waals surface area contributed by atoms with E-state index < -0.39 is 5.97 Å². The van der Waals surface area contributed by atoms with Crippen molar-refractivity contribution in [2.75, 3.05) is 0 Å². The third kappa shape index (κ3) is 2.49. The van der Waals surface area contributed by atoms with Gasteiger partial charge in [0.25, 0.3) is 0 Å². The number of aromatic nitrogens is 1. The average molecular weight is 264 g/mol. The molecule has 0 radical (unpaired) electrons. The summed E-state index contributed by atoms with van der Waals surface area (Å²) in [6.45, 7) is 0. The van der Waals surface area contributed by atoms with Crippen molar-refractivity contribution in [1.82, 2.24) is 4.98 Å². The molecule has 0 spiro atoms. The van der Waals surface area contributed by atoms with Gasteiger partial charge < -0.3 is 5.11 Å². The maximum absolute atomic E-state index is 11.9. The molecule has 4 nitrogen and oxygen atoms in total. The minimum Gasteiger partial charge on any atom is -0.481 e. The Balaban J connectivity index is 2.42. The number of carboxylic acids is 1. The molecule has 0 bridgehead atoms. The second-order valence-electron chi connectivity index (χ2n) is 3.81. The van der Waals surface area contributed by atoms with Gasteiger partial charge in [0.05, 0.1) is 17.0 Å². The number of nitrogens with zero attached hydrogens (tertiary/aromatic N) is 1. The molecule has 0 aliphatic rings. The number of fused-ring (bicyclic) bond motifs is 1. The predicted molar refractivity (Wildman–Crippen MR) is 68.0 cm³/mol. The van der Waals surface area contributed by atoms with Crippen LogP contribution < -0.4 is 0 Å². The first-order valence-corrected chi connectivity index (χ1v) is 5.75. The van der Waals surface area contributed by atoms with Crippen molar-refractivity contribution < 1.29 is 14.7 Å². The van der Waals surface area contributed by atoms with E-state index in [1.54, 1.807) is 30.5 Å². The Bertz CT molecular complexity index is 625. The summed E-state index contributed by atoms with van der Waals surface area (Å²) in [7, 11) is 0. The molecule has 0 fully saturated rings. The highest BCUT2D eigenvalue weighted by molar-refractivity contribution is 6.36. The molecule has 92 valence electrons. The summed E-state index contributed by atoms with van der Waals surface area (Å²) in [5, 5.41) is 9.79. The van der Waals surface area contributed by atoms with Crippen molar-refractivity contribution in [3.8, 4) is 0 Å². The summed E-state index contributed by atoms with van der Waals surface area (Å²) in [6, 6.07) is 6.72. The topological polar surface area (TPSA) is 67.3 Å². The second kappa shape index (κ2) is 5.14. The summed E-state index contributed by atoms with van der Waals surface area (Å²) in [5.74, 6) is -1.23.